The monoisotopic (exact) mass is 284 g/mol. The predicted octanol–water partition coefficient (Wildman–Crippen LogP) is 1.90. The van der Waals surface area contributed by atoms with E-state index in [2.05, 4.69) is 19.9 Å². The van der Waals surface area contributed by atoms with E-state index in [1.54, 1.807) is 29.7 Å². The topological polar surface area (TPSA) is 62.1 Å². The van der Waals surface area contributed by atoms with Crippen LogP contribution in [0.1, 0.15) is 5.82 Å². The molecule has 0 N–H and O–H groups in total. The highest BCUT2D eigenvalue weighted by molar-refractivity contribution is 5.50. The lowest BCUT2D eigenvalue weighted by Gasteiger charge is -2.09. The van der Waals surface area contributed by atoms with Gasteiger partial charge in [0.1, 0.15) is 11.5 Å². The van der Waals surface area contributed by atoms with Crippen molar-refractivity contribution in [2.24, 2.45) is 0 Å². The zero-order chi connectivity index (χ0) is 14.5. The van der Waals surface area contributed by atoms with Gasteiger partial charge in [0.05, 0.1) is 13.7 Å². The number of rotatable bonds is 6. The van der Waals surface area contributed by atoms with Gasteiger partial charge >= 0.3 is 6.61 Å². The average molecular weight is 284 g/mol. The molecule has 0 saturated heterocycles. The molecule has 2 rings (SSSR count). The normalized spacial score (nSPS) is 11.1. The summed E-state index contributed by atoms with van der Waals surface area (Å²) in [7, 11) is 1.51. The number of methoxy groups -OCH3 is 1. The first-order chi connectivity index (χ1) is 9.61. The second-order valence-electron chi connectivity index (χ2n) is 3.92. The molecular weight excluding hydrogens is 270 g/mol. The number of nitrogens with zero attached hydrogens (tertiary/aromatic N) is 4. The van der Waals surface area contributed by atoms with E-state index in [-0.39, 0.29) is 13.2 Å². The molecule has 0 fully saturated rings. The van der Waals surface area contributed by atoms with E-state index in [4.69, 9.17) is 4.74 Å². The number of pyridine rings is 1. The standard InChI is InChI=1S/C12H14F2N4O2/c1-8-16-17-11(18(8)6-7-20-12(13)14)9-4-3-5-10(15-9)19-2/h3-5,12H,6-7H2,1-2H3. The third-order valence-electron chi connectivity index (χ3n) is 2.66. The minimum absolute atomic E-state index is 0.131. The van der Waals surface area contributed by atoms with Gasteiger partial charge in [0, 0.05) is 12.6 Å². The summed E-state index contributed by atoms with van der Waals surface area (Å²) in [5.74, 6) is 1.53. The zero-order valence-electron chi connectivity index (χ0n) is 11.1. The molecule has 0 aliphatic heterocycles. The lowest BCUT2D eigenvalue weighted by molar-refractivity contribution is -0.130. The smallest absolute Gasteiger partial charge is 0.345 e. The quantitative estimate of drug-likeness (QED) is 0.810. The van der Waals surface area contributed by atoms with Crippen molar-refractivity contribution in [3.8, 4) is 17.4 Å². The first kappa shape index (κ1) is 14.3. The molecule has 20 heavy (non-hydrogen) atoms. The molecule has 2 heterocycles. The summed E-state index contributed by atoms with van der Waals surface area (Å²) in [6, 6.07) is 5.22. The fourth-order valence-electron chi connectivity index (χ4n) is 1.72. The Labute approximate surface area is 114 Å². The maximum Gasteiger partial charge on any atom is 0.345 e. The van der Waals surface area contributed by atoms with Gasteiger partial charge in [-0.2, -0.15) is 8.78 Å². The number of aryl methyl sites for hydroxylation is 1. The van der Waals surface area contributed by atoms with E-state index >= 15 is 0 Å². The second-order valence-corrected chi connectivity index (χ2v) is 3.92. The number of halogens is 2. The molecule has 0 unspecified atom stereocenters. The van der Waals surface area contributed by atoms with Crippen LogP contribution in [0.15, 0.2) is 18.2 Å². The van der Waals surface area contributed by atoms with Crippen LogP contribution in [-0.4, -0.2) is 40.1 Å². The maximum absolute atomic E-state index is 12.0. The third kappa shape index (κ3) is 3.27. The summed E-state index contributed by atoms with van der Waals surface area (Å²) in [5, 5.41) is 7.95. The number of ether oxygens (including phenoxy) is 2. The highest BCUT2D eigenvalue weighted by Crippen LogP contribution is 2.18. The average Bonchev–Trinajstić information content (AvgIpc) is 2.80. The number of hydrogen-bond acceptors (Lipinski definition) is 5. The van der Waals surface area contributed by atoms with Gasteiger partial charge in [-0.15, -0.1) is 10.2 Å². The fraction of sp³-hybridized carbons (Fsp3) is 0.417. The van der Waals surface area contributed by atoms with Crippen LogP contribution in [0.2, 0.25) is 0 Å². The second kappa shape index (κ2) is 6.38. The Morgan fingerprint density at radius 3 is 2.80 bits per heavy atom. The van der Waals surface area contributed by atoms with E-state index < -0.39 is 6.61 Å². The van der Waals surface area contributed by atoms with Crippen molar-refractivity contribution in [1.82, 2.24) is 19.7 Å². The Hall–Kier alpha value is -2.09. The predicted molar refractivity (Wildman–Crippen MR) is 66.5 cm³/mol. The van der Waals surface area contributed by atoms with Gasteiger partial charge in [0.25, 0.3) is 0 Å². The van der Waals surface area contributed by atoms with E-state index in [1.165, 1.54) is 7.11 Å². The fourth-order valence-corrected chi connectivity index (χ4v) is 1.72. The lowest BCUT2D eigenvalue weighted by Crippen LogP contribution is -2.11. The highest BCUT2D eigenvalue weighted by Gasteiger charge is 2.13. The molecule has 6 nitrogen and oxygen atoms in total. The van der Waals surface area contributed by atoms with Gasteiger partial charge in [-0.1, -0.05) is 6.07 Å². The minimum atomic E-state index is -2.79. The Bertz CT molecular complexity index is 574. The van der Waals surface area contributed by atoms with Crippen molar-refractivity contribution in [2.45, 2.75) is 20.1 Å². The van der Waals surface area contributed by atoms with E-state index in [0.29, 0.717) is 23.2 Å². The maximum atomic E-state index is 12.0. The number of hydrogen-bond donors (Lipinski definition) is 0. The molecule has 0 aliphatic rings. The molecule has 2 aromatic rings. The first-order valence-electron chi connectivity index (χ1n) is 5.93. The Kier molecular flexibility index (Phi) is 4.57. The third-order valence-corrected chi connectivity index (χ3v) is 2.66. The van der Waals surface area contributed by atoms with Gasteiger partial charge < -0.3 is 14.0 Å². The Morgan fingerprint density at radius 1 is 1.30 bits per heavy atom. The summed E-state index contributed by atoms with van der Waals surface area (Å²) in [4.78, 5) is 4.24. The van der Waals surface area contributed by atoms with Crippen LogP contribution in [0.5, 0.6) is 5.88 Å². The SMILES string of the molecule is COc1cccc(-c2nnc(C)n2CCOC(F)F)n1. The van der Waals surface area contributed by atoms with E-state index in [0.717, 1.165) is 0 Å². The molecule has 0 spiro atoms. The molecule has 8 heteroatoms. The van der Waals surface area contributed by atoms with Gasteiger partial charge in [-0.25, -0.2) is 4.98 Å². The van der Waals surface area contributed by atoms with Gasteiger partial charge in [-0.3, -0.25) is 0 Å². The highest BCUT2D eigenvalue weighted by atomic mass is 19.3. The first-order valence-corrected chi connectivity index (χ1v) is 5.93. The molecule has 2 aromatic heterocycles. The molecule has 0 atom stereocenters. The van der Waals surface area contributed by atoms with Gasteiger partial charge in [-0.05, 0) is 13.0 Å². The van der Waals surface area contributed by atoms with Crippen molar-refractivity contribution >= 4 is 0 Å². The van der Waals surface area contributed by atoms with E-state index in [9.17, 15) is 8.78 Å². The molecule has 0 amide bonds. The van der Waals surface area contributed by atoms with Gasteiger partial charge in [0.15, 0.2) is 5.82 Å². The minimum Gasteiger partial charge on any atom is -0.481 e. The van der Waals surface area contributed by atoms with Crippen molar-refractivity contribution in [2.75, 3.05) is 13.7 Å². The summed E-state index contributed by atoms with van der Waals surface area (Å²) in [6.45, 7) is -0.963. The van der Waals surface area contributed by atoms with Crippen LogP contribution in [0.25, 0.3) is 11.5 Å². The lowest BCUT2D eigenvalue weighted by atomic mass is 10.3. The van der Waals surface area contributed by atoms with Crippen LogP contribution < -0.4 is 4.74 Å². The van der Waals surface area contributed by atoms with Crippen molar-refractivity contribution in [3.63, 3.8) is 0 Å². The molecular formula is C12H14F2N4O2. The Morgan fingerprint density at radius 2 is 2.10 bits per heavy atom. The van der Waals surface area contributed by atoms with Crippen molar-refractivity contribution in [1.29, 1.82) is 0 Å². The molecule has 0 bridgehead atoms. The molecule has 0 saturated carbocycles. The summed E-state index contributed by atoms with van der Waals surface area (Å²) in [6.07, 6.45) is 0. The zero-order valence-corrected chi connectivity index (χ0v) is 11.1. The van der Waals surface area contributed by atoms with Gasteiger partial charge in [0.2, 0.25) is 5.88 Å². The molecule has 0 radical (unpaired) electrons. The number of alkyl halides is 2. The Balaban J connectivity index is 2.23. The largest absolute Gasteiger partial charge is 0.481 e. The van der Waals surface area contributed by atoms with Crippen LogP contribution in [0.4, 0.5) is 8.78 Å². The summed E-state index contributed by atoms with van der Waals surface area (Å²) < 4.78 is 35.0. The molecule has 108 valence electrons. The van der Waals surface area contributed by atoms with Crippen molar-refractivity contribution < 1.29 is 18.3 Å². The van der Waals surface area contributed by atoms with Crippen molar-refractivity contribution in [3.05, 3.63) is 24.0 Å². The van der Waals surface area contributed by atoms with Crippen LogP contribution in [-0.2, 0) is 11.3 Å². The number of aromatic nitrogens is 4. The summed E-state index contributed by atoms with van der Waals surface area (Å²) in [5.41, 5.74) is 0.557. The molecule has 0 aliphatic carbocycles. The van der Waals surface area contributed by atoms with Crippen LogP contribution >= 0.6 is 0 Å². The van der Waals surface area contributed by atoms with E-state index in [1.807, 2.05) is 0 Å². The summed E-state index contributed by atoms with van der Waals surface area (Å²) >= 11 is 0. The van der Waals surface area contributed by atoms with Crippen LogP contribution in [0.3, 0.4) is 0 Å². The molecule has 0 aromatic carbocycles. The van der Waals surface area contributed by atoms with Crippen LogP contribution in [0, 0.1) is 6.92 Å².